The highest BCUT2D eigenvalue weighted by atomic mass is 19.1. The van der Waals surface area contributed by atoms with Gasteiger partial charge >= 0.3 is 0 Å². The van der Waals surface area contributed by atoms with E-state index in [1.807, 2.05) is 6.07 Å². The molecule has 0 spiro atoms. The summed E-state index contributed by atoms with van der Waals surface area (Å²) in [5.41, 5.74) is 2.26. The Morgan fingerprint density at radius 3 is 2.37 bits per heavy atom. The molecular formula is C16H9FN2. The smallest absolute Gasteiger partial charge is 0.123 e. The fraction of sp³-hybridized carbons (Fsp3) is 0. The zero-order valence-electron chi connectivity index (χ0n) is 9.97. The second-order valence-electron chi connectivity index (χ2n) is 3.91. The molecule has 3 heteroatoms. The minimum absolute atomic E-state index is 0.376. The third-order valence-corrected chi connectivity index (χ3v) is 2.61. The van der Waals surface area contributed by atoms with Gasteiger partial charge in [-0.1, -0.05) is 24.3 Å². The van der Waals surface area contributed by atoms with Crippen LogP contribution in [0.3, 0.4) is 0 Å². The lowest BCUT2D eigenvalue weighted by atomic mass is 10.0. The van der Waals surface area contributed by atoms with Crippen LogP contribution in [0.25, 0.3) is 11.6 Å². The molecule has 0 atom stereocenters. The van der Waals surface area contributed by atoms with Crippen LogP contribution in [-0.2, 0) is 0 Å². The largest absolute Gasteiger partial charge is 0.207 e. The first kappa shape index (κ1) is 12.5. The van der Waals surface area contributed by atoms with Crippen molar-refractivity contribution in [3.8, 4) is 12.1 Å². The van der Waals surface area contributed by atoms with E-state index in [2.05, 4.69) is 6.07 Å². The van der Waals surface area contributed by atoms with Gasteiger partial charge in [0.2, 0.25) is 0 Å². The molecule has 0 N–H and O–H groups in total. The van der Waals surface area contributed by atoms with Crippen molar-refractivity contribution in [2.45, 2.75) is 0 Å². The van der Waals surface area contributed by atoms with E-state index in [0.717, 1.165) is 5.56 Å². The van der Waals surface area contributed by atoms with E-state index >= 15 is 0 Å². The van der Waals surface area contributed by atoms with Crippen molar-refractivity contribution in [1.29, 1.82) is 10.5 Å². The second-order valence-corrected chi connectivity index (χ2v) is 3.91. The Hall–Kier alpha value is -2.91. The van der Waals surface area contributed by atoms with Gasteiger partial charge in [0.05, 0.1) is 23.3 Å². The minimum Gasteiger partial charge on any atom is -0.207 e. The van der Waals surface area contributed by atoms with Crippen LogP contribution in [-0.4, -0.2) is 0 Å². The van der Waals surface area contributed by atoms with Crippen LogP contribution in [0.5, 0.6) is 0 Å². The number of benzene rings is 2. The summed E-state index contributed by atoms with van der Waals surface area (Å²) in [5.74, 6) is -0.376. The summed E-state index contributed by atoms with van der Waals surface area (Å²) in [5, 5.41) is 17.8. The number of allylic oxidation sites excluding steroid dienone is 1. The van der Waals surface area contributed by atoms with Gasteiger partial charge in [-0.25, -0.2) is 4.39 Å². The molecule has 0 radical (unpaired) electrons. The van der Waals surface area contributed by atoms with Crippen LogP contribution < -0.4 is 0 Å². The number of hydrogen-bond donors (Lipinski definition) is 0. The highest BCUT2D eigenvalue weighted by Gasteiger charge is 2.02. The lowest BCUT2D eigenvalue weighted by Crippen LogP contribution is -1.84. The maximum absolute atomic E-state index is 13.1. The summed E-state index contributed by atoms with van der Waals surface area (Å²) in [6, 6.07) is 16.8. The first-order valence-electron chi connectivity index (χ1n) is 5.61. The Morgan fingerprint density at radius 1 is 1.05 bits per heavy atom. The maximum atomic E-state index is 13.1. The highest BCUT2D eigenvalue weighted by Crippen LogP contribution is 2.18. The zero-order valence-corrected chi connectivity index (χ0v) is 9.97. The zero-order chi connectivity index (χ0) is 13.7. The van der Waals surface area contributed by atoms with Crippen molar-refractivity contribution in [2.75, 3.05) is 0 Å². The van der Waals surface area contributed by atoms with E-state index in [4.69, 9.17) is 10.5 Å². The average molecular weight is 248 g/mol. The maximum Gasteiger partial charge on any atom is 0.123 e. The monoisotopic (exact) mass is 248 g/mol. The number of hydrogen-bond acceptors (Lipinski definition) is 2. The van der Waals surface area contributed by atoms with Gasteiger partial charge in [0.15, 0.2) is 0 Å². The summed E-state index contributed by atoms with van der Waals surface area (Å²) < 4.78 is 13.1. The summed E-state index contributed by atoms with van der Waals surface area (Å²) in [6.07, 6.45) is 1.66. The SMILES string of the molecule is N#C/C(=C/c1ccc(C#N)cc1)c1cccc(F)c1. The predicted octanol–water partition coefficient (Wildman–Crippen LogP) is 3.76. The molecule has 0 fully saturated rings. The molecule has 0 unspecified atom stereocenters. The van der Waals surface area contributed by atoms with E-state index < -0.39 is 0 Å². The number of halogens is 1. The fourth-order valence-corrected chi connectivity index (χ4v) is 1.66. The predicted molar refractivity (Wildman–Crippen MR) is 71.0 cm³/mol. The number of rotatable bonds is 2. The second kappa shape index (κ2) is 5.62. The molecule has 0 aliphatic carbocycles. The Labute approximate surface area is 110 Å². The fourth-order valence-electron chi connectivity index (χ4n) is 1.66. The van der Waals surface area contributed by atoms with Crippen LogP contribution in [0, 0.1) is 28.5 Å². The Kier molecular flexibility index (Phi) is 3.71. The lowest BCUT2D eigenvalue weighted by Gasteiger charge is -2.00. The lowest BCUT2D eigenvalue weighted by molar-refractivity contribution is 0.627. The van der Waals surface area contributed by atoms with Crippen molar-refractivity contribution in [2.24, 2.45) is 0 Å². The van der Waals surface area contributed by atoms with E-state index in [1.165, 1.54) is 12.1 Å². The molecule has 2 aromatic rings. The molecule has 0 bridgehead atoms. The van der Waals surface area contributed by atoms with Gasteiger partial charge in [0, 0.05) is 0 Å². The van der Waals surface area contributed by atoms with E-state index in [0.29, 0.717) is 16.7 Å². The summed E-state index contributed by atoms with van der Waals surface area (Å²) >= 11 is 0. The number of nitriles is 2. The van der Waals surface area contributed by atoms with Gasteiger partial charge < -0.3 is 0 Å². The molecule has 0 saturated carbocycles. The summed E-state index contributed by atoms with van der Waals surface area (Å²) in [7, 11) is 0. The van der Waals surface area contributed by atoms with E-state index in [-0.39, 0.29) is 5.82 Å². The van der Waals surface area contributed by atoms with Gasteiger partial charge in [-0.15, -0.1) is 0 Å². The van der Waals surface area contributed by atoms with Crippen LogP contribution in [0.15, 0.2) is 48.5 Å². The summed E-state index contributed by atoms with van der Waals surface area (Å²) in [4.78, 5) is 0. The Balaban J connectivity index is 2.39. The molecular weight excluding hydrogens is 239 g/mol. The molecule has 0 aliphatic heterocycles. The van der Waals surface area contributed by atoms with E-state index in [9.17, 15) is 4.39 Å². The molecule has 0 saturated heterocycles. The standard InChI is InChI=1S/C16H9FN2/c17-16-3-1-2-14(9-16)15(11-19)8-12-4-6-13(10-18)7-5-12/h1-9H/b15-8-. The minimum atomic E-state index is -0.376. The molecule has 0 heterocycles. The Bertz CT molecular complexity index is 701. The van der Waals surface area contributed by atoms with Crippen molar-refractivity contribution < 1.29 is 4.39 Å². The van der Waals surface area contributed by atoms with Crippen LogP contribution in [0.4, 0.5) is 4.39 Å². The van der Waals surface area contributed by atoms with Gasteiger partial charge in [-0.3, -0.25) is 0 Å². The van der Waals surface area contributed by atoms with Crippen molar-refractivity contribution >= 4 is 11.6 Å². The first-order valence-corrected chi connectivity index (χ1v) is 5.61. The quantitative estimate of drug-likeness (QED) is 0.600. The molecule has 0 aromatic heterocycles. The Morgan fingerprint density at radius 2 is 1.79 bits per heavy atom. The first-order chi connectivity index (χ1) is 9.22. The van der Waals surface area contributed by atoms with Crippen LogP contribution in [0.1, 0.15) is 16.7 Å². The van der Waals surface area contributed by atoms with Crippen LogP contribution in [0.2, 0.25) is 0 Å². The topological polar surface area (TPSA) is 47.6 Å². The molecule has 2 rings (SSSR count). The molecule has 0 aliphatic rings. The average Bonchev–Trinajstić information content (AvgIpc) is 2.45. The van der Waals surface area contributed by atoms with Gasteiger partial charge in [-0.05, 0) is 41.5 Å². The summed E-state index contributed by atoms with van der Waals surface area (Å²) in [6.45, 7) is 0. The van der Waals surface area contributed by atoms with Gasteiger partial charge in [-0.2, -0.15) is 10.5 Å². The van der Waals surface area contributed by atoms with Crippen LogP contribution >= 0.6 is 0 Å². The molecule has 90 valence electrons. The molecule has 19 heavy (non-hydrogen) atoms. The van der Waals surface area contributed by atoms with Gasteiger partial charge in [0.1, 0.15) is 5.82 Å². The molecule has 2 nitrogen and oxygen atoms in total. The molecule has 0 amide bonds. The van der Waals surface area contributed by atoms with Gasteiger partial charge in [0.25, 0.3) is 0 Å². The third kappa shape index (κ3) is 3.06. The van der Waals surface area contributed by atoms with Crippen molar-refractivity contribution in [3.63, 3.8) is 0 Å². The normalized spacial score (nSPS) is 10.6. The highest BCUT2D eigenvalue weighted by molar-refractivity contribution is 5.89. The van der Waals surface area contributed by atoms with Crippen molar-refractivity contribution in [1.82, 2.24) is 0 Å². The third-order valence-electron chi connectivity index (χ3n) is 2.61. The number of nitrogens with zero attached hydrogens (tertiary/aromatic N) is 2. The molecule has 2 aromatic carbocycles. The van der Waals surface area contributed by atoms with E-state index in [1.54, 1.807) is 42.5 Å². The van der Waals surface area contributed by atoms with Crippen molar-refractivity contribution in [3.05, 3.63) is 71.0 Å².